The average molecular weight is 517 g/mol. The van der Waals surface area contributed by atoms with Crippen molar-refractivity contribution < 1.29 is 28.7 Å². The molecule has 0 saturated carbocycles. The molecule has 0 unspecified atom stereocenters. The van der Waals surface area contributed by atoms with Crippen LogP contribution in [0.4, 0.5) is 0 Å². The number of esters is 2. The fourth-order valence-electron chi connectivity index (χ4n) is 3.84. The summed E-state index contributed by atoms with van der Waals surface area (Å²) in [5.41, 5.74) is 3.55. The molecule has 0 heterocycles. The summed E-state index contributed by atoms with van der Waals surface area (Å²) in [5.74, 6) is -1.07. The van der Waals surface area contributed by atoms with Crippen LogP contribution in [0, 0.1) is 0 Å². The third-order valence-corrected chi connectivity index (χ3v) is 5.98. The summed E-state index contributed by atoms with van der Waals surface area (Å²) in [4.78, 5) is 50.6. The van der Waals surface area contributed by atoms with E-state index in [1.165, 1.54) is 14.2 Å². The highest BCUT2D eigenvalue weighted by molar-refractivity contribution is 5.89. The van der Waals surface area contributed by atoms with Gasteiger partial charge in [0.05, 0.1) is 25.3 Å². The van der Waals surface area contributed by atoms with E-state index in [4.69, 9.17) is 9.47 Å². The number of methoxy groups -OCH3 is 2. The van der Waals surface area contributed by atoms with Crippen molar-refractivity contribution in [2.75, 3.05) is 14.2 Å². The number of nitrogens with one attached hydrogen (secondary N) is 1. The van der Waals surface area contributed by atoms with Crippen LogP contribution in [-0.4, -0.2) is 42.9 Å². The molecule has 0 aromatic heterocycles. The van der Waals surface area contributed by atoms with E-state index in [0.717, 1.165) is 16.7 Å². The summed E-state index contributed by atoms with van der Waals surface area (Å²) < 4.78 is 9.49. The lowest BCUT2D eigenvalue weighted by Gasteiger charge is -2.23. The van der Waals surface area contributed by atoms with Gasteiger partial charge in [0.25, 0.3) is 0 Å². The Hall–Kier alpha value is -4.46. The number of hydrogen-bond acceptors (Lipinski definition) is 6. The van der Waals surface area contributed by atoms with Crippen LogP contribution >= 0.6 is 0 Å². The van der Waals surface area contributed by atoms with E-state index in [2.05, 4.69) is 5.32 Å². The molecule has 3 aromatic carbocycles. The van der Waals surface area contributed by atoms with Crippen LogP contribution in [0.3, 0.4) is 0 Å². The number of nitrogens with zero attached hydrogens (tertiary/aromatic N) is 1. The van der Waals surface area contributed by atoms with E-state index in [1.54, 1.807) is 53.4 Å². The molecule has 198 valence electrons. The molecule has 0 spiro atoms. The second-order valence-electron chi connectivity index (χ2n) is 8.74. The molecular weight excluding hydrogens is 484 g/mol. The third-order valence-electron chi connectivity index (χ3n) is 5.98. The Morgan fingerprint density at radius 1 is 0.658 bits per heavy atom. The summed E-state index contributed by atoms with van der Waals surface area (Å²) in [5, 5.41) is 2.88. The first-order valence-electron chi connectivity index (χ1n) is 12.3. The standard InChI is InChI=1S/C30H32N2O6/c1-37-29(35)25-15-11-23(12-16-25)20-32(21-24-13-17-26(18-14-24)30(36)38-2)28(34)10-6-9-27(33)31-19-22-7-4-3-5-8-22/h3-5,7-8,11-18H,6,9-10,19-21H2,1-2H3,(H,31,33). The molecule has 0 aliphatic heterocycles. The Bertz CT molecular complexity index is 1160. The highest BCUT2D eigenvalue weighted by Crippen LogP contribution is 2.15. The van der Waals surface area contributed by atoms with Crippen molar-refractivity contribution in [3.8, 4) is 0 Å². The number of hydrogen-bond donors (Lipinski definition) is 1. The maximum atomic E-state index is 13.2. The van der Waals surface area contributed by atoms with Gasteiger partial charge in [-0.3, -0.25) is 9.59 Å². The molecule has 0 atom stereocenters. The fraction of sp³-hybridized carbons (Fsp3) is 0.267. The summed E-state index contributed by atoms with van der Waals surface area (Å²) in [6, 6.07) is 23.4. The van der Waals surface area contributed by atoms with Crippen molar-refractivity contribution in [1.29, 1.82) is 0 Å². The molecule has 0 aliphatic carbocycles. The molecular formula is C30H32N2O6. The first kappa shape index (κ1) is 28.1. The van der Waals surface area contributed by atoms with Gasteiger partial charge in [-0.15, -0.1) is 0 Å². The summed E-state index contributed by atoms with van der Waals surface area (Å²) in [6.45, 7) is 1.08. The van der Waals surface area contributed by atoms with Gasteiger partial charge >= 0.3 is 11.9 Å². The molecule has 0 aliphatic rings. The van der Waals surface area contributed by atoms with Crippen LogP contribution in [-0.2, 0) is 38.7 Å². The highest BCUT2D eigenvalue weighted by Gasteiger charge is 2.17. The first-order chi connectivity index (χ1) is 18.4. The van der Waals surface area contributed by atoms with Crippen LogP contribution in [0.1, 0.15) is 56.7 Å². The number of rotatable bonds is 12. The van der Waals surface area contributed by atoms with Crippen LogP contribution in [0.25, 0.3) is 0 Å². The average Bonchev–Trinajstić information content (AvgIpc) is 2.96. The second kappa shape index (κ2) is 14.3. The smallest absolute Gasteiger partial charge is 0.337 e. The van der Waals surface area contributed by atoms with Crippen molar-refractivity contribution in [2.45, 2.75) is 38.9 Å². The summed E-state index contributed by atoms with van der Waals surface area (Å²) >= 11 is 0. The lowest BCUT2D eigenvalue weighted by atomic mass is 10.1. The van der Waals surface area contributed by atoms with E-state index in [-0.39, 0.29) is 24.7 Å². The molecule has 3 aromatic rings. The lowest BCUT2D eigenvalue weighted by Crippen LogP contribution is -2.30. The molecule has 8 heteroatoms. The van der Waals surface area contributed by atoms with Crippen molar-refractivity contribution in [1.82, 2.24) is 10.2 Å². The molecule has 2 amide bonds. The minimum atomic E-state index is -0.430. The quantitative estimate of drug-likeness (QED) is 0.361. The Balaban J connectivity index is 1.62. The molecule has 8 nitrogen and oxygen atoms in total. The van der Waals surface area contributed by atoms with Gasteiger partial charge < -0.3 is 19.7 Å². The Kier molecular flexibility index (Phi) is 10.6. The zero-order chi connectivity index (χ0) is 27.3. The third kappa shape index (κ3) is 8.58. The predicted molar refractivity (Wildman–Crippen MR) is 142 cm³/mol. The largest absolute Gasteiger partial charge is 0.465 e. The van der Waals surface area contributed by atoms with E-state index in [0.29, 0.717) is 37.2 Å². The summed E-state index contributed by atoms with van der Waals surface area (Å²) in [7, 11) is 2.65. The number of carbonyl (C=O) groups excluding carboxylic acids is 4. The van der Waals surface area contributed by atoms with Gasteiger partial charge in [-0.2, -0.15) is 0 Å². The number of benzene rings is 3. The molecule has 1 N–H and O–H groups in total. The van der Waals surface area contributed by atoms with Crippen molar-refractivity contribution in [2.24, 2.45) is 0 Å². The minimum absolute atomic E-state index is 0.102. The number of carbonyl (C=O) groups is 4. The normalized spacial score (nSPS) is 10.4. The Morgan fingerprint density at radius 3 is 1.63 bits per heavy atom. The van der Waals surface area contributed by atoms with Crippen molar-refractivity contribution in [3.63, 3.8) is 0 Å². The molecule has 0 bridgehead atoms. The Morgan fingerprint density at radius 2 is 1.16 bits per heavy atom. The summed E-state index contributed by atoms with van der Waals surface area (Å²) in [6.07, 6.45) is 0.867. The van der Waals surface area contributed by atoms with E-state index in [9.17, 15) is 19.2 Å². The van der Waals surface area contributed by atoms with Gasteiger partial charge in [0.2, 0.25) is 11.8 Å². The van der Waals surface area contributed by atoms with Crippen LogP contribution in [0.2, 0.25) is 0 Å². The maximum Gasteiger partial charge on any atom is 0.337 e. The van der Waals surface area contributed by atoms with Gasteiger partial charge in [0, 0.05) is 32.5 Å². The topological polar surface area (TPSA) is 102 Å². The van der Waals surface area contributed by atoms with Crippen LogP contribution < -0.4 is 5.32 Å². The van der Waals surface area contributed by atoms with Gasteiger partial charge in [-0.25, -0.2) is 9.59 Å². The van der Waals surface area contributed by atoms with E-state index >= 15 is 0 Å². The lowest BCUT2D eigenvalue weighted by molar-refractivity contribution is -0.132. The second-order valence-corrected chi connectivity index (χ2v) is 8.74. The van der Waals surface area contributed by atoms with Gasteiger partial charge in [-0.1, -0.05) is 54.6 Å². The zero-order valence-corrected chi connectivity index (χ0v) is 21.6. The monoisotopic (exact) mass is 516 g/mol. The zero-order valence-electron chi connectivity index (χ0n) is 21.6. The molecule has 0 fully saturated rings. The first-order valence-corrected chi connectivity index (χ1v) is 12.3. The van der Waals surface area contributed by atoms with Crippen molar-refractivity contribution >= 4 is 23.8 Å². The minimum Gasteiger partial charge on any atom is -0.465 e. The predicted octanol–water partition coefficient (Wildman–Crippen LogP) is 4.28. The van der Waals surface area contributed by atoms with Crippen molar-refractivity contribution in [3.05, 3.63) is 107 Å². The molecule has 3 rings (SSSR count). The van der Waals surface area contributed by atoms with Crippen LogP contribution in [0.15, 0.2) is 78.9 Å². The SMILES string of the molecule is COC(=O)c1ccc(CN(Cc2ccc(C(=O)OC)cc2)C(=O)CCCC(=O)NCc2ccccc2)cc1. The molecule has 0 saturated heterocycles. The van der Waals surface area contributed by atoms with Gasteiger partial charge in [0.15, 0.2) is 0 Å². The Labute approximate surface area is 222 Å². The van der Waals surface area contributed by atoms with Gasteiger partial charge in [0.1, 0.15) is 0 Å². The number of amides is 2. The molecule has 38 heavy (non-hydrogen) atoms. The van der Waals surface area contributed by atoms with Crippen LogP contribution in [0.5, 0.6) is 0 Å². The van der Waals surface area contributed by atoms with E-state index < -0.39 is 11.9 Å². The number of ether oxygens (including phenoxy) is 2. The molecule has 0 radical (unpaired) electrons. The fourth-order valence-corrected chi connectivity index (χ4v) is 3.84. The maximum absolute atomic E-state index is 13.2. The van der Waals surface area contributed by atoms with E-state index in [1.807, 2.05) is 30.3 Å². The highest BCUT2D eigenvalue weighted by atomic mass is 16.5. The van der Waals surface area contributed by atoms with Gasteiger partial charge in [-0.05, 0) is 47.4 Å².